The fourth-order valence-electron chi connectivity index (χ4n) is 1.60. The molecule has 96 valence electrons. The van der Waals surface area contributed by atoms with Crippen molar-refractivity contribution in [1.29, 1.82) is 0 Å². The maximum atomic E-state index is 12.4. The van der Waals surface area contributed by atoms with Gasteiger partial charge < -0.3 is 4.98 Å². The fraction of sp³-hybridized carbons (Fsp3) is 0.0909. The van der Waals surface area contributed by atoms with Crippen LogP contribution in [-0.2, 0) is 6.18 Å². The van der Waals surface area contributed by atoms with Crippen molar-refractivity contribution in [2.75, 3.05) is 0 Å². The largest absolute Gasteiger partial charge is 0.433 e. The lowest BCUT2D eigenvalue weighted by molar-refractivity contribution is -0.141. The Bertz CT molecular complexity index is 684. The number of pyridine rings is 1. The van der Waals surface area contributed by atoms with Gasteiger partial charge in [-0.25, -0.2) is 15.0 Å². The maximum absolute atomic E-state index is 12.4. The number of aromatic nitrogens is 5. The Balaban J connectivity index is 2.02. The van der Waals surface area contributed by atoms with Crippen LogP contribution in [-0.4, -0.2) is 24.9 Å². The summed E-state index contributed by atoms with van der Waals surface area (Å²) >= 11 is 0. The molecule has 0 unspecified atom stereocenters. The topological polar surface area (TPSA) is 67.3 Å². The van der Waals surface area contributed by atoms with Crippen LogP contribution in [0, 0.1) is 0 Å². The lowest BCUT2D eigenvalue weighted by Crippen LogP contribution is -2.07. The first-order chi connectivity index (χ1) is 9.04. The van der Waals surface area contributed by atoms with Crippen molar-refractivity contribution in [1.82, 2.24) is 24.9 Å². The van der Waals surface area contributed by atoms with Gasteiger partial charge >= 0.3 is 6.18 Å². The molecule has 3 aromatic rings. The van der Waals surface area contributed by atoms with Crippen molar-refractivity contribution < 1.29 is 13.2 Å². The van der Waals surface area contributed by atoms with Crippen LogP contribution >= 0.6 is 0 Å². The third kappa shape index (κ3) is 2.12. The Hall–Kier alpha value is -2.51. The molecule has 0 saturated carbocycles. The van der Waals surface area contributed by atoms with E-state index in [1.54, 1.807) is 0 Å². The molecule has 1 N–H and O–H groups in total. The van der Waals surface area contributed by atoms with Gasteiger partial charge in [-0.2, -0.15) is 13.2 Å². The van der Waals surface area contributed by atoms with Crippen LogP contribution < -0.4 is 0 Å². The number of aromatic amines is 1. The normalized spacial score (nSPS) is 11.9. The number of halogens is 3. The molecule has 0 aliphatic rings. The third-order valence-corrected chi connectivity index (χ3v) is 2.49. The molecule has 0 fully saturated rings. The minimum absolute atomic E-state index is 0.400. The summed E-state index contributed by atoms with van der Waals surface area (Å²) in [7, 11) is 0. The van der Waals surface area contributed by atoms with E-state index in [0.717, 1.165) is 12.3 Å². The van der Waals surface area contributed by atoms with Crippen LogP contribution in [0.4, 0.5) is 13.2 Å². The first-order valence-corrected chi connectivity index (χ1v) is 5.23. The SMILES string of the molecule is FC(F)(F)c1ccc(-c2nc3ncncc3[nH]2)cn1. The van der Waals surface area contributed by atoms with E-state index >= 15 is 0 Å². The second-order valence-corrected chi connectivity index (χ2v) is 3.78. The first-order valence-electron chi connectivity index (χ1n) is 5.23. The molecule has 0 amide bonds. The number of rotatable bonds is 1. The average Bonchev–Trinajstić information content (AvgIpc) is 2.81. The van der Waals surface area contributed by atoms with Gasteiger partial charge in [0.2, 0.25) is 0 Å². The molecular weight excluding hydrogens is 259 g/mol. The highest BCUT2D eigenvalue weighted by Gasteiger charge is 2.32. The van der Waals surface area contributed by atoms with Crippen LogP contribution in [0.3, 0.4) is 0 Å². The summed E-state index contributed by atoms with van der Waals surface area (Å²) < 4.78 is 37.2. The quantitative estimate of drug-likeness (QED) is 0.733. The fourth-order valence-corrected chi connectivity index (χ4v) is 1.60. The number of hydrogen-bond donors (Lipinski definition) is 1. The molecule has 0 radical (unpaired) electrons. The van der Waals surface area contributed by atoms with Gasteiger partial charge in [-0.1, -0.05) is 0 Å². The molecule has 0 bridgehead atoms. The van der Waals surface area contributed by atoms with E-state index in [0.29, 0.717) is 22.6 Å². The van der Waals surface area contributed by atoms with Crippen LogP contribution in [0.15, 0.2) is 30.9 Å². The monoisotopic (exact) mass is 265 g/mol. The van der Waals surface area contributed by atoms with E-state index in [2.05, 4.69) is 24.9 Å². The molecule has 19 heavy (non-hydrogen) atoms. The van der Waals surface area contributed by atoms with E-state index in [9.17, 15) is 13.2 Å². The summed E-state index contributed by atoms with van der Waals surface area (Å²) in [5.41, 5.74) is 0.570. The summed E-state index contributed by atoms with van der Waals surface area (Å²) in [5, 5.41) is 0. The average molecular weight is 265 g/mol. The number of imidazole rings is 1. The van der Waals surface area contributed by atoms with Crippen LogP contribution in [0.2, 0.25) is 0 Å². The van der Waals surface area contributed by atoms with Crippen LogP contribution in [0.5, 0.6) is 0 Å². The van der Waals surface area contributed by atoms with Crippen molar-refractivity contribution in [3.63, 3.8) is 0 Å². The van der Waals surface area contributed by atoms with Gasteiger partial charge in [-0.05, 0) is 12.1 Å². The predicted molar refractivity (Wildman–Crippen MR) is 59.9 cm³/mol. The zero-order valence-electron chi connectivity index (χ0n) is 9.31. The van der Waals surface area contributed by atoms with Crippen molar-refractivity contribution >= 4 is 11.2 Å². The zero-order chi connectivity index (χ0) is 13.5. The van der Waals surface area contributed by atoms with E-state index in [1.165, 1.54) is 18.6 Å². The van der Waals surface area contributed by atoms with Gasteiger partial charge in [0, 0.05) is 11.8 Å². The summed E-state index contributed by atoms with van der Waals surface area (Å²) in [6.07, 6.45) is -0.444. The van der Waals surface area contributed by atoms with Crippen LogP contribution in [0.1, 0.15) is 5.69 Å². The minimum Gasteiger partial charge on any atom is -0.335 e. The lowest BCUT2D eigenvalue weighted by atomic mass is 10.2. The van der Waals surface area contributed by atoms with Crippen molar-refractivity contribution in [3.8, 4) is 11.4 Å². The summed E-state index contributed by atoms with van der Waals surface area (Å²) in [6.45, 7) is 0. The highest BCUT2D eigenvalue weighted by Crippen LogP contribution is 2.28. The maximum Gasteiger partial charge on any atom is 0.433 e. The second kappa shape index (κ2) is 4.01. The van der Waals surface area contributed by atoms with E-state index in [1.807, 2.05) is 0 Å². The van der Waals surface area contributed by atoms with E-state index in [4.69, 9.17) is 0 Å². The van der Waals surface area contributed by atoms with Crippen molar-refractivity contribution in [2.45, 2.75) is 6.18 Å². The van der Waals surface area contributed by atoms with E-state index in [-0.39, 0.29) is 0 Å². The zero-order valence-corrected chi connectivity index (χ0v) is 9.31. The summed E-state index contributed by atoms with van der Waals surface area (Å²) in [4.78, 5) is 18.2. The molecule has 3 aromatic heterocycles. The highest BCUT2D eigenvalue weighted by atomic mass is 19.4. The number of alkyl halides is 3. The van der Waals surface area contributed by atoms with Gasteiger partial charge in [0.25, 0.3) is 0 Å². The van der Waals surface area contributed by atoms with E-state index < -0.39 is 11.9 Å². The van der Waals surface area contributed by atoms with Gasteiger partial charge in [0.05, 0.1) is 6.20 Å². The van der Waals surface area contributed by atoms with Gasteiger partial charge in [0.1, 0.15) is 23.4 Å². The molecule has 0 aliphatic heterocycles. The Labute approximate surface area is 104 Å². The smallest absolute Gasteiger partial charge is 0.335 e. The minimum atomic E-state index is -4.45. The Kier molecular flexibility index (Phi) is 2.44. The lowest BCUT2D eigenvalue weighted by Gasteiger charge is -2.05. The molecule has 8 heteroatoms. The van der Waals surface area contributed by atoms with Crippen LogP contribution in [0.25, 0.3) is 22.6 Å². The Morgan fingerprint density at radius 3 is 2.53 bits per heavy atom. The van der Waals surface area contributed by atoms with Gasteiger partial charge in [0.15, 0.2) is 5.65 Å². The molecule has 0 aliphatic carbocycles. The van der Waals surface area contributed by atoms with Gasteiger partial charge in [-0.3, -0.25) is 4.98 Å². The second-order valence-electron chi connectivity index (χ2n) is 3.78. The number of nitrogens with one attached hydrogen (secondary N) is 1. The van der Waals surface area contributed by atoms with Gasteiger partial charge in [-0.15, -0.1) is 0 Å². The number of H-pyrrole nitrogens is 1. The molecular formula is C11H6F3N5. The first kappa shape index (κ1) is 11.6. The standard InChI is InChI=1S/C11H6F3N5/c12-11(13,14)8-2-1-6(3-16-8)9-18-7-4-15-5-17-10(7)19-9/h1-5H,(H,15,17,18,19). The van der Waals surface area contributed by atoms with Crippen molar-refractivity contribution in [2.24, 2.45) is 0 Å². The van der Waals surface area contributed by atoms with Crippen molar-refractivity contribution in [3.05, 3.63) is 36.5 Å². The molecule has 3 heterocycles. The molecule has 0 saturated heterocycles. The Morgan fingerprint density at radius 1 is 1.05 bits per heavy atom. The summed E-state index contributed by atoms with van der Waals surface area (Å²) in [5.74, 6) is 0.400. The molecule has 5 nitrogen and oxygen atoms in total. The molecule has 0 spiro atoms. The third-order valence-electron chi connectivity index (χ3n) is 2.49. The predicted octanol–water partition coefficient (Wildman–Crippen LogP) is 2.43. The summed E-state index contributed by atoms with van der Waals surface area (Å²) in [6, 6.07) is 2.22. The number of hydrogen-bond acceptors (Lipinski definition) is 4. The highest BCUT2D eigenvalue weighted by molar-refractivity contribution is 5.74. The molecule has 3 rings (SSSR count). The molecule has 0 aromatic carbocycles. The number of fused-ring (bicyclic) bond motifs is 1. The number of nitrogens with zero attached hydrogens (tertiary/aromatic N) is 4. The Morgan fingerprint density at radius 2 is 1.89 bits per heavy atom. The molecule has 0 atom stereocenters.